The molecule has 1 heterocycles. The van der Waals surface area contributed by atoms with E-state index in [0.717, 1.165) is 34.8 Å². The van der Waals surface area contributed by atoms with Gasteiger partial charge in [0.1, 0.15) is 5.58 Å². The lowest BCUT2D eigenvalue weighted by molar-refractivity contribution is 0.564. The van der Waals surface area contributed by atoms with Crippen LogP contribution in [0.2, 0.25) is 0 Å². The average molecular weight is 253 g/mol. The van der Waals surface area contributed by atoms with E-state index in [9.17, 15) is 4.79 Å². The van der Waals surface area contributed by atoms with Gasteiger partial charge in [-0.05, 0) is 17.9 Å². The third kappa shape index (κ3) is 2.08. The fourth-order valence-electron chi connectivity index (χ4n) is 2.30. The van der Waals surface area contributed by atoms with Crippen molar-refractivity contribution >= 4 is 27.4 Å². The molecular formula is C16H15NO2. The largest absolute Gasteiger partial charge is 0.422 e. The number of fused-ring (bicyclic) bond motifs is 3. The molecule has 2 aromatic carbocycles. The fraction of sp³-hybridized carbons (Fsp3) is 0.188. The Hall–Kier alpha value is -2.29. The van der Waals surface area contributed by atoms with Crippen LogP contribution in [0.25, 0.3) is 21.7 Å². The van der Waals surface area contributed by atoms with Crippen LogP contribution in [-0.4, -0.2) is 6.54 Å². The zero-order valence-corrected chi connectivity index (χ0v) is 10.8. The third-order valence-corrected chi connectivity index (χ3v) is 3.20. The third-order valence-electron chi connectivity index (χ3n) is 3.20. The first-order valence-corrected chi connectivity index (χ1v) is 6.49. The molecule has 0 fully saturated rings. The molecule has 0 atom stereocenters. The van der Waals surface area contributed by atoms with Gasteiger partial charge in [0.05, 0.1) is 5.69 Å². The SMILES string of the molecule is CCCNc1cc(=O)oc2c1ccc1ccccc12. The van der Waals surface area contributed by atoms with Crippen LogP contribution in [0.1, 0.15) is 13.3 Å². The number of hydrogen-bond acceptors (Lipinski definition) is 3. The second-order valence-corrected chi connectivity index (χ2v) is 4.57. The Labute approximate surface area is 110 Å². The van der Waals surface area contributed by atoms with Crippen LogP contribution in [0.15, 0.2) is 51.7 Å². The Kier molecular flexibility index (Phi) is 2.95. The van der Waals surface area contributed by atoms with Gasteiger partial charge in [-0.15, -0.1) is 0 Å². The van der Waals surface area contributed by atoms with Gasteiger partial charge in [-0.25, -0.2) is 4.79 Å². The maximum Gasteiger partial charge on any atom is 0.338 e. The van der Waals surface area contributed by atoms with Crippen molar-refractivity contribution in [1.29, 1.82) is 0 Å². The van der Waals surface area contributed by atoms with Gasteiger partial charge < -0.3 is 9.73 Å². The first kappa shape index (κ1) is 11.8. The summed E-state index contributed by atoms with van der Waals surface area (Å²) < 4.78 is 5.40. The highest BCUT2D eigenvalue weighted by atomic mass is 16.4. The lowest BCUT2D eigenvalue weighted by Gasteiger charge is -2.09. The van der Waals surface area contributed by atoms with Gasteiger partial charge in [0.25, 0.3) is 0 Å². The van der Waals surface area contributed by atoms with E-state index >= 15 is 0 Å². The van der Waals surface area contributed by atoms with Crippen LogP contribution in [0, 0.1) is 0 Å². The summed E-state index contributed by atoms with van der Waals surface area (Å²) in [7, 11) is 0. The second kappa shape index (κ2) is 4.76. The molecule has 0 bridgehead atoms. The van der Waals surface area contributed by atoms with Crippen molar-refractivity contribution in [2.75, 3.05) is 11.9 Å². The molecule has 19 heavy (non-hydrogen) atoms. The van der Waals surface area contributed by atoms with Crippen LogP contribution in [-0.2, 0) is 0 Å². The Morgan fingerprint density at radius 2 is 1.95 bits per heavy atom. The molecule has 0 aliphatic heterocycles. The Balaban J connectivity index is 2.34. The molecule has 0 radical (unpaired) electrons. The molecule has 0 spiro atoms. The summed E-state index contributed by atoms with van der Waals surface area (Å²) >= 11 is 0. The summed E-state index contributed by atoms with van der Waals surface area (Å²) in [5, 5.41) is 6.28. The molecule has 3 nitrogen and oxygen atoms in total. The molecule has 0 aliphatic rings. The van der Waals surface area contributed by atoms with Crippen molar-refractivity contribution in [2.24, 2.45) is 0 Å². The normalized spacial score (nSPS) is 11.0. The molecule has 0 saturated heterocycles. The second-order valence-electron chi connectivity index (χ2n) is 4.57. The molecule has 0 saturated carbocycles. The van der Waals surface area contributed by atoms with Crippen LogP contribution in [0.3, 0.4) is 0 Å². The van der Waals surface area contributed by atoms with Crippen molar-refractivity contribution in [3.63, 3.8) is 0 Å². The van der Waals surface area contributed by atoms with E-state index in [2.05, 4.69) is 18.3 Å². The smallest absolute Gasteiger partial charge is 0.338 e. The van der Waals surface area contributed by atoms with Gasteiger partial charge in [0.15, 0.2) is 0 Å². The van der Waals surface area contributed by atoms with Crippen molar-refractivity contribution < 1.29 is 4.42 Å². The highest BCUT2D eigenvalue weighted by Crippen LogP contribution is 2.28. The molecule has 96 valence electrons. The van der Waals surface area contributed by atoms with Gasteiger partial charge in [-0.3, -0.25) is 0 Å². The van der Waals surface area contributed by atoms with E-state index in [1.165, 1.54) is 6.07 Å². The lowest BCUT2D eigenvalue weighted by Crippen LogP contribution is -2.05. The molecule has 3 rings (SSSR count). The average Bonchev–Trinajstić information content (AvgIpc) is 2.44. The summed E-state index contributed by atoms with van der Waals surface area (Å²) in [6.07, 6.45) is 1.01. The number of rotatable bonds is 3. The van der Waals surface area contributed by atoms with Crippen LogP contribution in [0.5, 0.6) is 0 Å². The molecule has 1 aromatic heterocycles. The molecule has 1 N–H and O–H groups in total. The van der Waals surface area contributed by atoms with E-state index in [0.29, 0.717) is 5.58 Å². The van der Waals surface area contributed by atoms with E-state index in [1.807, 2.05) is 30.3 Å². The van der Waals surface area contributed by atoms with E-state index in [1.54, 1.807) is 0 Å². The predicted molar refractivity (Wildman–Crippen MR) is 78.8 cm³/mol. The maximum absolute atomic E-state index is 11.7. The predicted octanol–water partition coefficient (Wildman–Crippen LogP) is 3.77. The Morgan fingerprint density at radius 1 is 1.11 bits per heavy atom. The quantitative estimate of drug-likeness (QED) is 0.570. The Morgan fingerprint density at radius 3 is 2.79 bits per heavy atom. The highest BCUT2D eigenvalue weighted by Gasteiger charge is 2.08. The lowest BCUT2D eigenvalue weighted by atomic mass is 10.1. The summed E-state index contributed by atoms with van der Waals surface area (Å²) in [6, 6.07) is 13.5. The van der Waals surface area contributed by atoms with Gasteiger partial charge >= 0.3 is 5.63 Å². The van der Waals surface area contributed by atoms with Gasteiger partial charge in [0, 0.05) is 23.4 Å². The Bertz CT molecular complexity index is 789. The summed E-state index contributed by atoms with van der Waals surface area (Å²) in [4.78, 5) is 11.7. The minimum absolute atomic E-state index is 0.317. The van der Waals surface area contributed by atoms with Gasteiger partial charge in [0.2, 0.25) is 0 Å². The molecule has 3 heteroatoms. The zero-order valence-electron chi connectivity index (χ0n) is 10.8. The van der Waals surface area contributed by atoms with Crippen molar-refractivity contribution in [3.8, 4) is 0 Å². The molecule has 3 aromatic rings. The number of anilines is 1. The van der Waals surface area contributed by atoms with Crippen molar-refractivity contribution in [2.45, 2.75) is 13.3 Å². The van der Waals surface area contributed by atoms with Crippen LogP contribution >= 0.6 is 0 Å². The summed E-state index contributed by atoms with van der Waals surface area (Å²) in [5.74, 6) is 0. The standard InChI is InChI=1S/C16H15NO2/c1-2-9-17-14-10-15(18)19-16-12-6-4-3-5-11(12)7-8-13(14)16/h3-8,10,17H,2,9H2,1H3. The van der Waals surface area contributed by atoms with E-state index < -0.39 is 0 Å². The summed E-state index contributed by atoms with van der Waals surface area (Å²) in [6.45, 7) is 2.93. The summed E-state index contributed by atoms with van der Waals surface area (Å²) in [5.41, 5.74) is 1.19. The van der Waals surface area contributed by atoms with E-state index in [4.69, 9.17) is 4.42 Å². The molecular weight excluding hydrogens is 238 g/mol. The fourth-order valence-corrected chi connectivity index (χ4v) is 2.30. The zero-order chi connectivity index (χ0) is 13.2. The number of hydrogen-bond donors (Lipinski definition) is 1. The highest BCUT2D eigenvalue weighted by molar-refractivity contribution is 6.07. The van der Waals surface area contributed by atoms with Gasteiger partial charge in [-0.1, -0.05) is 37.3 Å². The van der Waals surface area contributed by atoms with E-state index in [-0.39, 0.29) is 5.63 Å². The van der Waals surface area contributed by atoms with Gasteiger partial charge in [-0.2, -0.15) is 0 Å². The minimum atomic E-state index is -0.317. The van der Waals surface area contributed by atoms with Crippen molar-refractivity contribution in [3.05, 3.63) is 52.9 Å². The maximum atomic E-state index is 11.7. The first-order chi connectivity index (χ1) is 9.29. The monoisotopic (exact) mass is 253 g/mol. The van der Waals surface area contributed by atoms with Crippen LogP contribution in [0.4, 0.5) is 5.69 Å². The molecule has 0 aliphatic carbocycles. The van der Waals surface area contributed by atoms with Crippen molar-refractivity contribution in [1.82, 2.24) is 0 Å². The minimum Gasteiger partial charge on any atom is -0.422 e. The number of nitrogens with one attached hydrogen (secondary N) is 1. The number of benzene rings is 2. The molecule has 0 unspecified atom stereocenters. The first-order valence-electron chi connectivity index (χ1n) is 6.49. The molecule has 0 amide bonds. The topological polar surface area (TPSA) is 42.2 Å². The van der Waals surface area contributed by atoms with Crippen LogP contribution < -0.4 is 10.9 Å².